The summed E-state index contributed by atoms with van der Waals surface area (Å²) in [7, 11) is 0. The normalized spacial score (nSPS) is 12.0. The second-order valence-corrected chi connectivity index (χ2v) is 6.24. The van der Waals surface area contributed by atoms with Crippen LogP contribution in [0.5, 0.6) is 5.75 Å². The SMILES string of the molecule is Cc1ccc(OCC(=O)NCC(O)c2ccc(C(C)C)cc2)cc1. The van der Waals surface area contributed by atoms with E-state index in [2.05, 4.69) is 19.2 Å². The number of aliphatic hydroxyl groups excluding tert-OH is 1. The number of hydrogen-bond acceptors (Lipinski definition) is 3. The van der Waals surface area contributed by atoms with Crippen LogP contribution in [0.2, 0.25) is 0 Å². The van der Waals surface area contributed by atoms with Crippen molar-refractivity contribution < 1.29 is 14.6 Å². The highest BCUT2D eigenvalue weighted by atomic mass is 16.5. The van der Waals surface area contributed by atoms with E-state index in [4.69, 9.17) is 4.74 Å². The average molecular weight is 327 g/mol. The van der Waals surface area contributed by atoms with Crippen molar-refractivity contribution in [3.05, 3.63) is 65.2 Å². The molecule has 0 heterocycles. The van der Waals surface area contributed by atoms with Crippen molar-refractivity contribution in [1.29, 1.82) is 0 Å². The highest BCUT2D eigenvalue weighted by Gasteiger charge is 2.10. The molecule has 1 amide bonds. The van der Waals surface area contributed by atoms with Crippen molar-refractivity contribution in [3.8, 4) is 5.75 Å². The molecule has 0 aliphatic heterocycles. The second-order valence-electron chi connectivity index (χ2n) is 6.24. The van der Waals surface area contributed by atoms with Crippen LogP contribution in [0.1, 0.15) is 42.6 Å². The van der Waals surface area contributed by atoms with E-state index in [1.165, 1.54) is 5.56 Å². The number of ether oxygens (including phenoxy) is 1. The van der Waals surface area contributed by atoms with Crippen LogP contribution in [-0.2, 0) is 4.79 Å². The highest BCUT2D eigenvalue weighted by Crippen LogP contribution is 2.18. The Bertz CT molecular complexity index is 648. The molecule has 0 bridgehead atoms. The van der Waals surface area contributed by atoms with Crippen LogP contribution in [0.25, 0.3) is 0 Å². The van der Waals surface area contributed by atoms with E-state index in [9.17, 15) is 9.90 Å². The molecule has 0 spiro atoms. The summed E-state index contributed by atoms with van der Waals surface area (Å²) in [5.41, 5.74) is 3.15. The van der Waals surface area contributed by atoms with Gasteiger partial charge in [0.25, 0.3) is 5.91 Å². The minimum absolute atomic E-state index is 0.0674. The van der Waals surface area contributed by atoms with Crippen molar-refractivity contribution >= 4 is 5.91 Å². The lowest BCUT2D eigenvalue weighted by Crippen LogP contribution is -2.32. The number of carbonyl (C=O) groups excluding carboxylic acids is 1. The standard InChI is InChI=1S/C20H25NO3/c1-14(2)16-6-8-17(9-7-16)19(22)12-21-20(23)13-24-18-10-4-15(3)5-11-18/h4-11,14,19,22H,12-13H2,1-3H3,(H,21,23). The Balaban J connectivity index is 1.77. The lowest BCUT2D eigenvalue weighted by Gasteiger charge is -2.14. The van der Waals surface area contributed by atoms with Crippen LogP contribution >= 0.6 is 0 Å². The van der Waals surface area contributed by atoms with Gasteiger partial charge < -0.3 is 15.2 Å². The smallest absolute Gasteiger partial charge is 0.258 e. The molecule has 0 saturated carbocycles. The van der Waals surface area contributed by atoms with Gasteiger partial charge in [0.1, 0.15) is 5.75 Å². The Kier molecular flexibility index (Phi) is 6.38. The van der Waals surface area contributed by atoms with E-state index in [1.807, 2.05) is 55.5 Å². The molecule has 2 rings (SSSR count). The molecular formula is C20H25NO3. The third-order valence-corrected chi connectivity index (χ3v) is 3.87. The van der Waals surface area contributed by atoms with Crippen LogP contribution in [0.4, 0.5) is 0 Å². The van der Waals surface area contributed by atoms with Gasteiger partial charge in [0, 0.05) is 6.54 Å². The summed E-state index contributed by atoms with van der Waals surface area (Å²) in [5, 5.41) is 12.8. The number of aliphatic hydroxyl groups is 1. The maximum Gasteiger partial charge on any atom is 0.258 e. The van der Waals surface area contributed by atoms with Gasteiger partial charge in [-0.1, -0.05) is 55.8 Å². The van der Waals surface area contributed by atoms with Gasteiger partial charge in [-0.2, -0.15) is 0 Å². The molecule has 0 aromatic heterocycles. The van der Waals surface area contributed by atoms with Gasteiger partial charge in [0.05, 0.1) is 6.10 Å². The molecule has 2 aromatic rings. The number of benzene rings is 2. The molecule has 24 heavy (non-hydrogen) atoms. The van der Waals surface area contributed by atoms with Crippen LogP contribution in [0.15, 0.2) is 48.5 Å². The molecular weight excluding hydrogens is 302 g/mol. The third kappa shape index (κ3) is 5.39. The summed E-state index contributed by atoms with van der Waals surface area (Å²) in [6.07, 6.45) is -0.727. The number of rotatable bonds is 7. The molecule has 1 unspecified atom stereocenters. The van der Waals surface area contributed by atoms with Crippen LogP contribution < -0.4 is 10.1 Å². The molecule has 0 aliphatic carbocycles. The molecule has 0 saturated heterocycles. The third-order valence-electron chi connectivity index (χ3n) is 3.87. The fraction of sp³-hybridized carbons (Fsp3) is 0.350. The fourth-order valence-electron chi connectivity index (χ4n) is 2.27. The zero-order valence-electron chi connectivity index (χ0n) is 14.5. The molecule has 4 heteroatoms. The maximum atomic E-state index is 11.8. The molecule has 0 fully saturated rings. The first-order valence-corrected chi connectivity index (χ1v) is 8.20. The number of nitrogens with one attached hydrogen (secondary N) is 1. The molecule has 4 nitrogen and oxygen atoms in total. The molecule has 2 N–H and O–H groups in total. The molecule has 128 valence electrons. The van der Waals surface area contributed by atoms with Crippen molar-refractivity contribution in [1.82, 2.24) is 5.32 Å². The Morgan fingerprint density at radius 1 is 1.04 bits per heavy atom. The van der Waals surface area contributed by atoms with Gasteiger partial charge in [-0.15, -0.1) is 0 Å². The zero-order chi connectivity index (χ0) is 17.5. The first kappa shape index (κ1) is 18.0. The van der Waals surface area contributed by atoms with Crippen molar-refractivity contribution in [2.24, 2.45) is 0 Å². The van der Waals surface area contributed by atoms with E-state index in [0.29, 0.717) is 11.7 Å². The summed E-state index contributed by atoms with van der Waals surface area (Å²) >= 11 is 0. The van der Waals surface area contributed by atoms with Crippen LogP contribution in [0, 0.1) is 6.92 Å². The average Bonchev–Trinajstić information content (AvgIpc) is 2.59. The first-order valence-electron chi connectivity index (χ1n) is 8.20. The van der Waals surface area contributed by atoms with Crippen molar-refractivity contribution in [2.75, 3.05) is 13.2 Å². The number of aryl methyl sites for hydroxylation is 1. The second kappa shape index (κ2) is 8.50. The van der Waals surface area contributed by atoms with Gasteiger partial charge in [0.2, 0.25) is 0 Å². The van der Waals surface area contributed by atoms with Crippen LogP contribution in [0.3, 0.4) is 0 Å². The van der Waals surface area contributed by atoms with Gasteiger partial charge in [-0.25, -0.2) is 0 Å². The van der Waals surface area contributed by atoms with Crippen molar-refractivity contribution in [3.63, 3.8) is 0 Å². The molecule has 0 radical (unpaired) electrons. The van der Waals surface area contributed by atoms with Gasteiger partial charge in [-0.05, 0) is 36.1 Å². The lowest BCUT2D eigenvalue weighted by atomic mass is 10.00. The topological polar surface area (TPSA) is 58.6 Å². The largest absolute Gasteiger partial charge is 0.484 e. The summed E-state index contributed by atoms with van der Waals surface area (Å²) < 4.78 is 5.41. The number of hydrogen-bond donors (Lipinski definition) is 2. The predicted octanol–water partition coefficient (Wildman–Crippen LogP) is 3.35. The van der Waals surface area contributed by atoms with Crippen LogP contribution in [-0.4, -0.2) is 24.2 Å². The number of carbonyl (C=O) groups is 1. The Morgan fingerprint density at radius 2 is 1.62 bits per heavy atom. The summed E-state index contributed by atoms with van der Waals surface area (Å²) in [4.78, 5) is 11.8. The van der Waals surface area contributed by atoms with E-state index < -0.39 is 6.10 Å². The van der Waals surface area contributed by atoms with Crippen molar-refractivity contribution in [2.45, 2.75) is 32.8 Å². The van der Waals surface area contributed by atoms with E-state index in [0.717, 1.165) is 11.1 Å². The molecule has 2 aromatic carbocycles. The van der Waals surface area contributed by atoms with Gasteiger partial charge in [0.15, 0.2) is 6.61 Å². The summed E-state index contributed by atoms with van der Waals surface area (Å²) in [6.45, 7) is 6.34. The van der Waals surface area contributed by atoms with Gasteiger partial charge in [-0.3, -0.25) is 4.79 Å². The first-order chi connectivity index (χ1) is 11.5. The monoisotopic (exact) mass is 327 g/mol. The zero-order valence-corrected chi connectivity index (χ0v) is 14.5. The lowest BCUT2D eigenvalue weighted by molar-refractivity contribution is -0.123. The summed E-state index contributed by atoms with van der Waals surface area (Å²) in [5.74, 6) is 0.851. The molecule has 0 aliphatic rings. The minimum atomic E-state index is -0.727. The summed E-state index contributed by atoms with van der Waals surface area (Å²) in [6, 6.07) is 15.3. The predicted molar refractivity (Wildman–Crippen MR) is 95.2 cm³/mol. The van der Waals surface area contributed by atoms with Gasteiger partial charge >= 0.3 is 0 Å². The number of amides is 1. The van der Waals surface area contributed by atoms with E-state index >= 15 is 0 Å². The van der Waals surface area contributed by atoms with E-state index in [1.54, 1.807) is 0 Å². The fourth-order valence-corrected chi connectivity index (χ4v) is 2.27. The Hall–Kier alpha value is -2.33. The Morgan fingerprint density at radius 3 is 2.21 bits per heavy atom. The maximum absolute atomic E-state index is 11.8. The molecule has 1 atom stereocenters. The van der Waals surface area contributed by atoms with E-state index in [-0.39, 0.29) is 19.1 Å². The quantitative estimate of drug-likeness (QED) is 0.820. The Labute approximate surface area is 143 Å². The minimum Gasteiger partial charge on any atom is -0.484 e. The highest BCUT2D eigenvalue weighted by molar-refractivity contribution is 5.77.